The molecule has 0 amide bonds. The number of benzene rings is 3. The van der Waals surface area contributed by atoms with Crippen LogP contribution in [0.15, 0.2) is 79.0 Å². The Morgan fingerprint density at radius 3 is 2.45 bits per heavy atom. The normalized spacial score (nSPS) is 19.8. The summed E-state index contributed by atoms with van der Waals surface area (Å²) in [4.78, 5) is 2.62. The molecule has 0 radical (unpaired) electrons. The van der Waals surface area contributed by atoms with Gasteiger partial charge in [0.15, 0.2) is 0 Å². The van der Waals surface area contributed by atoms with Gasteiger partial charge in [0.25, 0.3) is 0 Å². The van der Waals surface area contributed by atoms with Gasteiger partial charge in [-0.15, -0.1) is 0 Å². The molecule has 3 heteroatoms. The number of nitrogens with zero attached hydrogens (tertiary/aromatic N) is 2. The lowest BCUT2D eigenvalue weighted by atomic mass is 9.73. The Balaban J connectivity index is 1.52. The summed E-state index contributed by atoms with van der Waals surface area (Å²) in [6.45, 7) is 5.48. The van der Waals surface area contributed by atoms with Crippen LogP contribution in [-0.4, -0.2) is 28.2 Å². The molecule has 1 aromatic heterocycles. The van der Waals surface area contributed by atoms with Gasteiger partial charge in [-0.2, -0.15) is 5.10 Å². The molecule has 3 aromatic carbocycles. The molecule has 1 fully saturated rings. The molecule has 1 atom stereocenters. The molecule has 0 saturated carbocycles. The molecule has 1 unspecified atom stereocenters. The summed E-state index contributed by atoms with van der Waals surface area (Å²) in [6.07, 6.45) is 4.20. The molecule has 1 aliphatic rings. The summed E-state index contributed by atoms with van der Waals surface area (Å²) >= 11 is 0. The lowest BCUT2D eigenvalue weighted by molar-refractivity contribution is 0.301. The molecule has 0 spiro atoms. The first kappa shape index (κ1) is 18.1. The van der Waals surface area contributed by atoms with Crippen molar-refractivity contribution in [3.8, 4) is 0 Å². The van der Waals surface area contributed by atoms with E-state index in [0.29, 0.717) is 0 Å². The van der Waals surface area contributed by atoms with Crippen molar-refractivity contribution in [3.05, 3.63) is 101 Å². The predicted octanol–water partition coefficient (Wildman–Crippen LogP) is 5.26. The first-order valence-electron chi connectivity index (χ1n) is 10.5. The number of aryl methyl sites for hydroxylation is 1. The van der Waals surface area contributed by atoms with Crippen molar-refractivity contribution in [2.45, 2.75) is 31.7 Å². The minimum absolute atomic E-state index is 0.131. The molecule has 3 nitrogen and oxygen atoms in total. The average Bonchev–Trinajstić information content (AvgIpc) is 3.36. The number of fused-ring (bicyclic) bond motifs is 1. The van der Waals surface area contributed by atoms with Crippen LogP contribution in [-0.2, 0) is 18.4 Å². The summed E-state index contributed by atoms with van der Waals surface area (Å²) in [5.74, 6) is 0. The zero-order chi connectivity index (χ0) is 19.7. The van der Waals surface area contributed by atoms with Crippen molar-refractivity contribution in [2.24, 2.45) is 0 Å². The van der Waals surface area contributed by atoms with Crippen LogP contribution >= 0.6 is 0 Å². The smallest absolute Gasteiger partial charge is 0.0653 e. The van der Waals surface area contributed by atoms with Crippen LogP contribution in [0.3, 0.4) is 0 Å². The Morgan fingerprint density at radius 1 is 0.966 bits per heavy atom. The van der Waals surface area contributed by atoms with E-state index in [-0.39, 0.29) is 5.41 Å². The Bertz CT molecular complexity index is 1100. The van der Waals surface area contributed by atoms with E-state index in [9.17, 15) is 0 Å². The predicted molar refractivity (Wildman–Crippen MR) is 119 cm³/mol. The fourth-order valence-electron chi connectivity index (χ4n) is 5.05. The van der Waals surface area contributed by atoms with E-state index in [4.69, 9.17) is 0 Å². The van der Waals surface area contributed by atoms with Crippen LogP contribution in [0.25, 0.3) is 10.9 Å². The second-order valence-corrected chi connectivity index (χ2v) is 8.51. The molecule has 146 valence electrons. The Kier molecular flexibility index (Phi) is 4.69. The maximum absolute atomic E-state index is 4.25. The van der Waals surface area contributed by atoms with Crippen LogP contribution in [0.4, 0.5) is 0 Å². The van der Waals surface area contributed by atoms with Gasteiger partial charge in [-0.25, -0.2) is 0 Å². The highest BCUT2D eigenvalue weighted by Crippen LogP contribution is 2.41. The molecule has 29 heavy (non-hydrogen) atoms. The molecular formula is C26H27N3. The average molecular weight is 382 g/mol. The Hall–Kier alpha value is -2.91. The zero-order valence-corrected chi connectivity index (χ0v) is 16.9. The maximum Gasteiger partial charge on any atom is 0.0653 e. The Labute approximate surface area is 172 Å². The number of aromatic amines is 1. The number of H-pyrrole nitrogens is 1. The van der Waals surface area contributed by atoms with Gasteiger partial charge in [0.05, 0.1) is 11.7 Å². The highest BCUT2D eigenvalue weighted by atomic mass is 15.2. The Morgan fingerprint density at radius 2 is 1.69 bits per heavy atom. The minimum atomic E-state index is 0.131. The van der Waals surface area contributed by atoms with Gasteiger partial charge in [0, 0.05) is 23.9 Å². The van der Waals surface area contributed by atoms with E-state index in [1.54, 1.807) is 0 Å². The second kappa shape index (κ2) is 7.49. The molecule has 5 rings (SSSR count). The zero-order valence-electron chi connectivity index (χ0n) is 16.9. The fraction of sp³-hybridized carbons (Fsp3) is 0.269. The van der Waals surface area contributed by atoms with Crippen LogP contribution < -0.4 is 0 Å². The maximum atomic E-state index is 4.25. The summed E-state index contributed by atoms with van der Waals surface area (Å²) in [5, 5.41) is 8.58. The van der Waals surface area contributed by atoms with Gasteiger partial charge in [0.2, 0.25) is 0 Å². The van der Waals surface area contributed by atoms with Crippen molar-refractivity contribution in [3.63, 3.8) is 0 Å². The van der Waals surface area contributed by atoms with E-state index in [2.05, 4.69) is 94.8 Å². The number of likely N-dealkylation sites (tertiary alicyclic amines) is 1. The van der Waals surface area contributed by atoms with Gasteiger partial charge in [-0.1, -0.05) is 60.7 Å². The highest BCUT2D eigenvalue weighted by Gasteiger charge is 2.40. The number of rotatable bonds is 5. The third-order valence-electron chi connectivity index (χ3n) is 6.42. The molecule has 1 saturated heterocycles. The molecular weight excluding hydrogens is 354 g/mol. The van der Waals surface area contributed by atoms with Gasteiger partial charge in [-0.3, -0.25) is 10.00 Å². The van der Waals surface area contributed by atoms with Crippen LogP contribution in [0.1, 0.15) is 28.7 Å². The monoisotopic (exact) mass is 381 g/mol. The van der Waals surface area contributed by atoms with Crippen LogP contribution in [0.5, 0.6) is 0 Å². The van der Waals surface area contributed by atoms with Gasteiger partial charge < -0.3 is 0 Å². The summed E-state index contributed by atoms with van der Waals surface area (Å²) in [7, 11) is 0. The summed E-state index contributed by atoms with van der Waals surface area (Å²) in [6, 6.07) is 26.5. The van der Waals surface area contributed by atoms with Crippen molar-refractivity contribution in [2.75, 3.05) is 13.1 Å². The van der Waals surface area contributed by atoms with E-state index in [0.717, 1.165) is 31.6 Å². The summed E-state index contributed by atoms with van der Waals surface area (Å²) in [5.41, 5.74) is 6.90. The van der Waals surface area contributed by atoms with Crippen LogP contribution in [0.2, 0.25) is 0 Å². The van der Waals surface area contributed by atoms with Crippen molar-refractivity contribution in [1.82, 2.24) is 15.1 Å². The third-order valence-corrected chi connectivity index (χ3v) is 6.42. The SMILES string of the molecule is Cc1cc2[nH]ncc2cc1C1(Cc2ccccc2)CCN(Cc2ccccc2)C1. The standard InChI is InChI=1S/C26H27N3/c1-20-14-25-23(17-27-28-25)15-24(20)26(16-21-8-4-2-5-9-21)12-13-29(19-26)18-22-10-6-3-7-11-22/h2-11,14-15,17H,12-13,16,18-19H2,1H3,(H,27,28). The molecule has 2 heterocycles. The minimum Gasteiger partial charge on any atom is -0.298 e. The molecule has 4 aromatic rings. The first-order chi connectivity index (χ1) is 14.2. The van der Waals surface area contributed by atoms with Gasteiger partial charge in [0.1, 0.15) is 0 Å². The second-order valence-electron chi connectivity index (χ2n) is 8.51. The van der Waals surface area contributed by atoms with Crippen molar-refractivity contribution >= 4 is 10.9 Å². The lowest BCUT2D eigenvalue weighted by Gasteiger charge is -2.32. The van der Waals surface area contributed by atoms with Crippen LogP contribution in [0, 0.1) is 6.92 Å². The number of hydrogen-bond donors (Lipinski definition) is 1. The summed E-state index contributed by atoms with van der Waals surface area (Å²) < 4.78 is 0. The molecule has 1 aliphatic heterocycles. The van der Waals surface area contributed by atoms with Gasteiger partial charge in [-0.05, 0) is 60.7 Å². The fourth-order valence-corrected chi connectivity index (χ4v) is 5.05. The number of nitrogens with one attached hydrogen (secondary N) is 1. The molecule has 0 aliphatic carbocycles. The van der Waals surface area contributed by atoms with Crippen molar-refractivity contribution in [1.29, 1.82) is 0 Å². The molecule has 0 bridgehead atoms. The molecule has 1 N–H and O–H groups in total. The highest BCUT2D eigenvalue weighted by molar-refractivity contribution is 5.80. The number of hydrogen-bond acceptors (Lipinski definition) is 2. The number of aromatic nitrogens is 2. The first-order valence-corrected chi connectivity index (χ1v) is 10.5. The van der Waals surface area contributed by atoms with E-state index in [1.807, 2.05) is 6.20 Å². The topological polar surface area (TPSA) is 31.9 Å². The van der Waals surface area contributed by atoms with E-state index >= 15 is 0 Å². The largest absolute Gasteiger partial charge is 0.298 e. The van der Waals surface area contributed by atoms with Crippen molar-refractivity contribution < 1.29 is 0 Å². The lowest BCUT2D eigenvalue weighted by Crippen LogP contribution is -2.34. The third kappa shape index (κ3) is 3.58. The van der Waals surface area contributed by atoms with E-state index < -0.39 is 0 Å². The quantitative estimate of drug-likeness (QED) is 0.511. The van der Waals surface area contributed by atoms with E-state index in [1.165, 1.54) is 34.1 Å². The van der Waals surface area contributed by atoms with Gasteiger partial charge >= 0.3 is 0 Å².